The molecule has 1 aliphatic rings. The minimum atomic E-state index is -0.278. The number of hydrogen-bond acceptors (Lipinski definition) is 3. The third-order valence-electron chi connectivity index (χ3n) is 4.08. The monoisotopic (exact) mass is 347 g/mol. The van der Waals surface area contributed by atoms with Crippen molar-refractivity contribution in [1.82, 2.24) is 0 Å². The summed E-state index contributed by atoms with van der Waals surface area (Å²) in [7, 11) is 0. The van der Waals surface area contributed by atoms with Gasteiger partial charge in [0.2, 0.25) is 0 Å². The molecule has 0 fully saturated rings. The zero-order chi connectivity index (χ0) is 17.4. The molecule has 0 saturated carbocycles. The summed E-state index contributed by atoms with van der Waals surface area (Å²) in [5.74, 6) is -0.270. The molecule has 122 valence electrons. The number of Topliss-reactive ketones (excluding diaryl/α,β-unsaturated/α-hetero) is 1. The van der Waals surface area contributed by atoms with Crippen molar-refractivity contribution in [3.8, 4) is 0 Å². The van der Waals surface area contributed by atoms with E-state index in [1.807, 2.05) is 42.5 Å². The maximum Gasteiger partial charge on any atom is 0.159 e. The van der Waals surface area contributed by atoms with E-state index in [0.29, 0.717) is 5.56 Å². The van der Waals surface area contributed by atoms with E-state index in [2.05, 4.69) is 0 Å². The highest BCUT2D eigenvalue weighted by Crippen LogP contribution is 2.41. The molecule has 1 heterocycles. The average Bonchev–Trinajstić information content (AvgIpc) is 2.78. The maximum absolute atomic E-state index is 13.3. The van der Waals surface area contributed by atoms with Gasteiger partial charge in [-0.1, -0.05) is 36.0 Å². The summed E-state index contributed by atoms with van der Waals surface area (Å²) < 4.78 is 13.3. The quantitative estimate of drug-likeness (QED) is 0.438. The van der Waals surface area contributed by atoms with E-state index >= 15 is 0 Å². The first-order valence-electron chi connectivity index (χ1n) is 7.89. The van der Waals surface area contributed by atoms with E-state index < -0.39 is 0 Å². The molecule has 25 heavy (non-hydrogen) atoms. The highest BCUT2D eigenvalue weighted by atomic mass is 32.2. The van der Waals surface area contributed by atoms with Crippen LogP contribution < -0.4 is 0 Å². The number of ketones is 1. The molecule has 0 atom stereocenters. The highest BCUT2D eigenvalue weighted by Gasteiger charge is 2.19. The van der Waals surface area contributed by atoms with Gasteiger partial charge in [0.1, 0.15) is 5.82 Å². The molecule has 3 aromatic carbocycles. The lowest BCUT2D eigenvalue weighted by Gasteiger charge is -2.08. The van der Waals surface area contributed by atoms with Crippen LogP contribution in [0.15, 0.2) is 81.5 Å². The Hall–Kier alpha value is -2.72. The van der Waals surface area contributed by atoms with Crippen molar-refractivity contribution in [1.29, 1.82) is 0 Å². The fourth-order valence-corrected chi connectivity index (χ4v) is 3.79. The van der Waals surface area contributed by atoms with Crippen LogP contribution in [-0.2, 0) is 0 Å². The molecule has 4 heteroatoms. The van der Waals surface area contributed by atoms with Gasteiger partial charge >= 0.3 is 0 Å². The zero-order valence-corrected chi connectivity index (χ0v) is 14.3. The number of carbonyl (C=O) groups is 1. The molecular weight excluding hydrogens is 333 g/mol. The van der Waals surface area contributed by atoms with Gasteiger partial charge < -0.3 is 0 Å². The number of benzene rings is 3. The summed E-state index contributed by atoms with van der Waals surface area (Å²) in [5.41, 5.74) is 4.01. The molecular formula is C21H14FNOS. The van der Waals surface area contributed by atoms with Gasteiger partial charge in [-0.25, -0.2) is 9.38 Å². The summed E-state index contributed by atoms with van der Waals surface area (Å²) in [6, 6.07) is 19.9. The minimum absolute atomic E-state index is 0.00749. The Bertz CT molecular complexity index is 1010. The fraction of sp³-hybridized carbons (Fsp3) is 0.0476. The van der Waals surface area contributed by atoms with Crippen LogP contribution in [0, 0.1) is 5.82 Å². The molecule has 0 radical (unpaired) electrons. The van der Waals surface area contributed by atoms with E-state index in [1.165, 1.54) is 12.1 Å². The molecule has 0 bridgehead atoms. The molecule has 0 saturated heterocycles. The number of halogens is 1. The van der Waals surface area contributed by atoms with Gasteiger partial charge in [0.05, 0.1) is 11.4 Å². The number of nitrogens with zero attached hydrogens (tertiary/aromatic N) is 1. The van der Waals surface area contributed by atoms with Crippen LogP contribution in [0.5, 0.6) is 0 Å². The fourth-order valence-electron chi connectivity index (χ4n) is 2.79. The largest absolute Gasteiger partial charge is 0.295 e. The van der Waals surface area contributed by atoms with E-state index in [-0.39, 0.29) is 11.6 Å². The SMILES string of the molecule is CC(=O)c1ccc2c(c1)N=C(c1ccc(F)cc1)c1ccccc1S2. The molecule has 0 unspecified atom stereocenters. The number of aliphatic imine (C=N–C) groups is 1. The Labute approximate surface area is 149 Å². The smallest absolute Gasteiger partial charge is 0.159 e. The normalized spacial score (nSPS) is 12.6. The molecule has 3 aromatic rings. The van der Waals surface area contributed by atoms with Gasteiger partial charge in [0.15, 0.2) is 5.78 Å². The van der Waals surface area contributed by atoms with Crippen molar-refractivity contribution >= 4 is 28.9 Å². The van der Waals surface area contributed by atoms with Crippen LogP contribution in [0.25, 0.3) is 0 Å². The topological polar surface area (TPSA) is 29.4 Å². The van der Waals surface area contributed by atoms with Crippen LogP contribution in [0.3, 0.4) is 0 Å². The van der Waals surface area contributed by atoms with Crippen LogP contribution in [-0.4, -0.2) is 11.5 Å². The molecule has 0 amide bonds. The first kappa shape index (κ1) is 15.8. The highest BCUT2D eigenvalue weighted by molar-refractivity contribution is 7.99. The number of fused-ring (bicyclic) bond motifs is 2. The first-order valence-corrected chi connectivity index (χ1v) is 8.70. The van der Waals surface area contributed by atoms with E-state index in [1.54, 1.807) is 30.8 Å². The molecule has 0 aromatic heterocycles. The van der Waals surface area contributed by atoms with E-state index in [9.17, 15) is 9.18 Å². The lowest BCUT2D eigenvalue weighted by Crippen LogP contribution is -2.04. The Morgan fingerprint density at radius 2 is 1.72 bits per heavy atom. The van der Waals surface area contributed by atoms with Crippen LogP contribution in [0.1, 0.15) is 28.4 Å². The van der Waals surface area contributed by atoms with Gasteiger partial charge in [0.25, 0.3) is 0 Å². The second-order valence-electron chi connectivity index (χ2n) is 5.80. The third kappa shape index (κ3) is 3.01. The summed E-state index contributed by atoms with van der Waals surface area (Å²) in [4.78, 5) is 18.7. The molecule has 2 nitrogen and oxygen atoms in total. The van der Waals surface area contributed by atoms with Crippen molar-refractivity contribution in [3.05, 3.63) is 89.2 Å². The average molecular weight is 347 g/mol. The molecule has 0 spiro atoms. The summed E-state index contributed by atoms with van der Waals surface area (Å²) in [5, 5.41) is 0. The van der Waals surface area contributed by atoms with Gasteiger partial charge in [-0.05, 0) is 49.4 Å². The second kappa shape index (κ2) is 6.30. The summed E-state index contributed by atoms with van der Waals surface area (Å²) in [6.07, 6.45) is 0. The Kier molecular flexibility index (Phi) is 3.98. The summed E-state index contributed by atoms with van der Waals surface area (Å²) in [6.45, 7) is 1.55. The number of hydrogen-bond donors (Lipinski definition) is 0. The zero-order valence-electron chi connectivity index (χ0n) is 13.5. The molecule has 1 aliphatic heterocycles. The molecule has 4 rings (SSSR count). The lowest BCUT2D eigenvalue weighted by atomic mass is 10.0. The van der Waals surface area contributed by atoms with Gasteiger partial charge in [-0.2, -0.15) is 0 Å². The number of rotatable bonds is 2. The Morgan fingerprint density at radius 1 is 0.960 bits per heavy atom. The van der Waals surface area contributed by atoms with Crippen LogP contribution in [0.2, 0.25) is 0 Å². The van der Waals surface area contributed by atoms with Gasteiger partial charge in [0, 0.05) is 26.5 Å². The molecule has 0 N–H and O–H groups in total. The Balaban J connectivity index is 1.96. The van der Waals surface area contributed by atoms with Crippen molar-refractivity contribution in [3.63, 3.8) is 0 Å². The third-order valence-corrected chi connectivity index (χ3v) is 5.22. The van der Waals surface area contributed by atoms with Crippen molar-refractivity contribution < 1.29 is 9.18 Å². The number of carbonyl (C=O) groups excluding carboxylic acids is 1. The van der Waals surface area contributed by atoms with Crippen LogP contribution in [0.4, 0.5) is 10.1 Å². The lowest BCUT2D eigenvalue weighted by molar-refractivity contribution is 0.101. The first-order chi connectivity index (χ1) is 12.1. The Morgan fingerprint density at radius 3 is 2.48 bits per heavy atom. The standard InChI is InChI=1S/C21H14FNOS/c1-13(24)15-8-11-20-18(12-15)23-21(14-6-9-16(22)10-7-14)17-4-2-3-5-19(17)25-20/h2-12H,1H3. The van der Waals surface area contributed by atoms with Crippen molar-refractivity contribution in [2.45, 2.75) is 16.7 Å². The van der Waals surface area contributed by atoms with E-state index in [0.717, 1.165) is 32.3 Å². The predicted molar refractivity (Wildman–Crippen MR) is 98.7 cm³/mol. The minimum Gasteiger partial charge on any atom is -0.295 e. The second-order valence-corrected chi connectivity index (χ2v) is 6.89. The van der Waals surface area contributed by atoms with Crippen molar-refractivity contribution in [2.75, 3.05) is 0 Å². The maximum atomic E-state index is 13.3. The van der Waals surface area contributed by atoms with E-state index in [4.69, 9.17) is 4.99 Å². The summed E-state index contributed by atoms with van der Waals surface area (Å²) >= 11 is 1.63. The molecule has 0 aliphatic carbocycles. The van der Waals surface area contributed by atoms with Gasteiger partial charge in [-0.3, -0.25) is 4.79 Å². The van der Waals surface area contributed by atoms with Crippen LogP contribution >= 0.6 is 11.8 Å². The predicted octanol–water partition coefficient (Wildman–Crippen LogP) is 5.66. The van der Waals surface area contributed by atoms with Crippen molar-refractivity contribution in [2.24, 2.45) is 4.99 Å². The van der Waals surface area contributed by atoms with Gasteiger partial charge in [-0.15, -0.1) is 0 Å².